The fourth-order valence-electron chi connectivity index (χ4n) is 3.12. The van der Waals surface area contributed by atoms with E-state index in [2.05, 4.69) is 30.7 Å². The first-order valence-electron chi connectivity index (χ1n) is 9.55. The topological polar surface area (TPSA) is 64.0 Å². The quantitative estimate of drug-likeness (QED) is 0.307. The summed E-state index contributed by atoms with van der Waals surface area (Å²) < 4.78 is 2.20. The lowest BCUT2D eigenvalue weighted by Crippen LogP contribution is -2.31. The molecule has 1 amide bonds. The summed E-state index contributed by atoms with van der Waals surface area (Å²) >= 11 is 2.66. The number of nitrogens with zero attached hydrogens (tertiary/aromatic N) is 2. The van der Waals surface area contributed by atoms with Gasteiger partial charge in [0.15, 0.2) is 5.16 Å². The number of carbonyl (C=O) groups is 1. The van der Waals surface area contributed by atoms with Crippen LogP contribution >= 0.6 is 23.1 Å². The first-order chi connectivity index (χ1) is 14.0. The van der Waals surface area contributed by atoms with Crippen LogP contribution in [0.1, 0.15) is 31.9 Å². The summed E-state index contributed by atoms with van der Waals surface area (Å²) in [5, 5.41) is 5.53. The van der Waals surface area contributed by atoms with Gasteiger partial charge in [0, 0.05) is 6.54 Å². The molecule has 7 heteroatoms. The Morgan fingerprint density at radius 2 is 2.07 bits per heavy atom. The predicted octanol–water partition coefficient (Wildman–Crippen LogP) is 4.64. The van der Waals surface area contributed by atoms with Crippen LogP contribution < -0.4 is 10.9 Å². The van der Waals surface area contributed by atoms with E-state index in [0.717, 1.165) is 12.0 Å². The van der Waals surface area contributed by atoms with Crippen molar-refractivity contribution in [2.45, 2.75) is 38.0 Å². The van der Waals surface area contributed by atoms with Crippen molar-refractivity contribution >= 4 is 39.2 Å². The van der Waals surface area contributed by atoms with E-state index in [-0.39, 0.29) is 23.3 Å². The maximum absolute atomic E-state index is 12.7. The molecule has 29 heavy (non-hydrogen) atoms. The highest BCUT2D eigenvalue weighted by atomic mass is 32.2. The van der Waals surface area contributed by atoms with E-state index in [9.17, 15) is 9.59 Å². The summed E-state index contributed by atoms with van der Waals surface area (Å²) in [4.78, 5) is 30.0. The molecular formula is C22H25N3O2S2. The van der Waals surface area contributed by atoms with Gasteiger partial charge in [-0.15, -0.1) is 17.9 Å². The van der Waals surface area contributed by atoms with Gasteiger partial charge in [-0.3, -0.25) is 14.2 Å². The minimum Gasteiger partial charge on any atom is -0.349 e. The Kier molecular flexibility index (Phi) is 7.28. The number of aromatic nitrogens is 2. The van der Waals surface area contributed by atoms with Crippen molar-refractivity contribution in [2.75, 3.05) is 5.75 Å². The number of thioether (sulfide) groups is 1. The molecule has 152 valence electrons. The summed E-state index contributed by atoms with van der Waals surface area (Å²) in [6, 6.07) is 11.8. The number of amides is 1. The zero-order chi connectivity index (χ0) is 20.8. The predicted molar refractivity (Wildman–Crippen MR) is 122 cm³/mol. The Morgan fingerprint density at radius 1 is 1.31 bits per heavy atom. The van der Waals surface area contributed by atoms with E-state index in [1.54, 1.807) is 10.6 Å². The van der Waals surface area contributed by atoms with E-state index < -0.39 is 0 Å². The summed E-state index contributed by atoms with van der Waals surface area (Å²) in [6.07, 6.45) is 2.53. The first kappa shape index (κ1) is 21.3. The zero-order valence-corrected chi connectivity index (χ0v) is 18.3. The van der Waals surface area contributed by atoms with Gasteiger partial charge in [-0.05, 0) is 29.3 Å². The maximum Gasteiger partial charge on any atom is 0.272 e. The number of hydrogen-bond acceptors (Lipinski definition) is 5. The molecular weight excluding hydrogens is 402 g/mol. The Hall–Kier alpha value is -2.38. The molecule has 0 aliphatic carbocycles. The minimum absolute atomic E-state index is 0.0352. The van der Waals surface area contributed by atoms with Gasteiger partial charge < -0.3 is 5.32 Å². The number of allylic oxidation sites excluding steroid dienone is 1. The molecule has 1 aromatic carbocycles. The average molecular weight is 428 g/mol. The van der Waals surface area contributed by atoms with Crippen LogP contribution in [0.5, 0.6) is 0 Å². The second-order valence-electron chi connectivity index (χ2n) is 7.18. The van der Waals surface area contributed by atoms with Crippen molar-refractivity contribution in [3.05, 3.63) is 70.4 Å². The fourth-order valence-corrected chi connectivity index (χ4v) is 4.72. The highest BCUT2D eigenvalue weighted by Crippen LogP contribution is 2.23. The molecule has 0 radical (unpaired) electrons. The molecule has 1 unspecified atom stereocenters. The summed E-state index contributed by atoms with van der Waals surface area (Å²) in [7, 11) is 0. The highest BCUT2D eigenvalue weighted by molar-refractivity contribution is 7.99. The molecule has 2 heterocycles. The summed E-state index contributed by atoms with van der Waals surface area (Å²) in [6.45, 7) is 8.38. The third-order valence-corrected chi connectivity index (χ3v) is 6.29. The van der Waals surface area contributed by atoms with Crippen molar-refractivity contribution in [3.63, 3.8) is 0 Å². The van der Waals surface area contributed by atoms with Gasteiger partial charge in [-0.2, -0.15) is 0 Å². The number of rotatable bonds is 9. The van der Waals surface area contributed by atoms with Crippen molar-refractivity contribution in [1.29, 1.82) is 0 Å². The second kappa shape index (κ2) is 9.89. The second-order valence-corrected chi connectivity index (χ2v) is 9.04. The van der Waals surface area contributed by atoms with Crippen molar-refractivity contribution in [1.82, 2.24) is 14.9 Å². The van der Waals surface area contributed by atoms with Crippen LogP contribution in [0, 0.1) is 5.92 Å². The number of fused-ring (bicyclic) bond motifs is 1. The van der Waals surface area contributed by atoms with Crippen LogP contribution in [0.4, 0.5) is 0 Å². The fraction of sp³-hybridized carbons (Fsp3) is 0.318. The van der Waals surface area contributed by atoms with Crippen LogP contribution in [0.25, 0.3) is 10.2 Å². The monoisotopic (exact) mass is 427 g/mol. The number of nitrogens with one attached hydrogen (secondary N) is 1. The van der Waals surface area contributed by atoms with Crippen LogP contribution in [0.2, 0.25) is 0 Å². The van der Waals surface area contributed by atoms with Gasteiger partial charge in [-0.1, -0.05) is 62.0 Å². The largest absolute Gasteiger partial charge is 0.349 e. The molecule has 5 nitrogen and oxygen atoms in total. The maximum atomic E-state index is 12.7. The molecule has 0 saturated carbocycles. The summed E-state index contributed by atoms with van der Waals surface area (Å²) in [5.74, 6) is 0.573. The Balaban J connectivity index is 1.75. The van der Waals surface area contributed by atoms with Gasteiger partial charge >= 0.3 is 0 Å². The van der Waals surface area contributed by atoms with Gasteiger partial charge in [-0.25, -0.2) is 4.98 Å². The van der Waals surface area contributed by atoms with Crippen molar-refractivity contribution in [2.24, 2.45) is 5.92 Å². The molecule has 0 aliphatic heterocycles. The standard InChI is InChI=1S/C22H25N3O2S2/c1-4-11-25-21(27)20-17(10-12-28-20)24-22(25)29-14-19(26)23-18(13-15(2)3)16-8-6-5-7-9-16/h4-10,12,15,18H,1,11,13-14H2,2-3H3,(H,23,26). The Bertz CT molecular complexity index is 1040. The smallest absolute Gasteiger partial charge is 0.272 e. The lowest BCUT2D eigenvalue weighted by atomic mass is 9.97. The van der Waals surface area contributed by atoms with E-state index in [4.69, 9.17) is 0 Å². The number of hydrogen-bond donors (Lipinski definition) is 1. The number of thiophene rings is 1. The molecule has 0 aliphatic rings. The van der Waals surface area contributed by atoms with Gasteiger partial charge in [0.05, 0.1) is 17.3 Å². The molecule has 1 atom stereocenters. The van der Waals surface area contributed by atoms with Crippen LogP contribution in [0.3, 0.4) is 0 Å². The molecule has 0 fully saturated rings. The average Bonchev–Trinajstić information content (AvgIpc) is 3.17. The third-order valence-electron chi connectivity index (χ3n) is 4.42. The first-order valence-corrected chi connectivity index (χ1v) is 11.4. The molecule has 0 bridgehead atoms. The zero-order valence-electron chi connectivity index (χ0n) is 16.6. The van der Waals surface area contributed by atoms with Crippen LogP contribution in [0.15, 0.2) is 64.4 Å². The van der Waals surface area contributed by atoms with Crippen molar-refractivity contribution in [3.8, 4) is 0 Å². The molecule has 2 aromatic heterocycles. The molecule has 0 spiro atoms. The third kappa shape index (κ3) is 5.36. The molecule has 3 rings (SSSR count). The Labute approximate surface area is 178 Å². The van der Waals surface area contributed by atoms with E-state index in [0.29, 0.717) is 27.8 Å². The molecule has 1 N–H and O–H groups in total. The SMILES string of the molecule is C=CCn1c(SCC(=O)NC(CC(C)C)c2ccccc2)nc2ccsc2c1=O. The minimum atomic E-state index is -0.0882. The van der Waals surface area contributed by atoms with Crippen LogP contribution in [-0.4, -0.2) is 21.2 Å². The molecule has 3 aromatic rings. The lowest BCUT2D eigenvalue weighted by molar-refractivity contribution is -0.119. The number of benzene rings is 1. The lowest BCUT2D eigenvalue weighted by Gasteiger charge is -2.21. The Morgan fingerprint density at radius 3 is 2.76 bits per heavy atom. The van der Waals surface area contributed by atoms with E-state index in [1.807, 2.05) is 41.8 Å². The highest BCUT2D eigenvalue weighted by Gasteiger charge is 2.18. The number of carbonyl (C=O) groups excluding carboxylic acids is 1. The van der Waals surface area contributed by atoms with E-state index in [1.165, 1.54) is 23.1 Å². The molecule has 0 saturated heterocycles. The van der Waals surface area contributed by atoms with Crippen LogP contribution in [-0.2, 0) is 11.3 Å². The normalized spacial score (nSPS) is 12.2. The summed E-state index contributed by atoms with van der Waals surface area (Å²) in [5.41, 5.74) is 1.68. The van der Waals surface area contributed by atoms with Gasteiger partial charge in [0.2, 0.25) is 5.91 Å². The van der Waals surface area contributed by atoms with Gasteiger partial charge in [0.1, 0.15) is 4.70 Å². The van der Waals surface area contributed by atoms with Crippen molar-refractivity contribution < 1.29 is 4.79 Å². The van der Waals surface area contributed by atoms with Gasteiger partial charge in [0.25, 0.3) is 5.56 Å². The van der Waals surface area contributed by atoms with E-state index >= 15 is 0 Å².